The molecule has 0 saturated carbocycles. The SMILES string of the molecule is CCN1CC(OCc2cccc(Cl)c2)CC1Oc1ccccc1. The minimum absolute atomic E-state index is 0.0757. The second kappa shape index (κ2) is 7.82. The van der Waals surface area contributed by atoms with Crippen molar-refractivity contribution in [1.29, 1.82) is 0 Å². The molecule has 3 nitrogen and oxygen atoms in total. The minimum atomic E-state index is 0.0757. The molecule has 0 radical (unpaired) electrons. The molecule has 1 saturated heterocycles. The van der Waals surface area contributed by atoms with Crippen LogP contribution in [0, 0.1) is 0 Å². The highest BCUT2D eigenvalue weighted by Gasteiger charge is 2.33. The van der Waals surface area contributed by atoms with Gasteiger partial charge in [0.2, 0.25) is 0 Å². The molecule has 1 fully saturated rings. The highest BCUT2D eigenvalue weighted by molar-refractivity contribution is 6.30. The summed E-state index contributed by atoms with van der Waals surface area (Å²) in [6, 6.07) is 17.8. The van der Waals surface area contributed by atoms with Crippen LogP contribution in [0.1, 0.15) is 18.9 Å². The zero-order chi connectivity index (χ0) is 16.1. The highest BCUT2D eigenvalue weighted by Crippen LogP contribution is 2.24. The molecule has 0 aliphatic carbocycles. The Hall–Kier alpha value is -1.55. The summed E-state index contributed by atoms with van der Waals surface area (Å²) in [6.07, 6.45) is 1.14. The van der Waals surface area contributed by atoms with E-state index in [1.807, 2.05) is 54.6 Å². The predicted octanol–water partition coefficient (Wildman–Crippen LogP) is 4.36. The van der Waals surface area contributed by atoms with Gasteiger partial charge in [0.25, 0.3) is 0 Å². The fourth-order valence-corrected chi connectivity index (χ4v) is 3.11. The molecule has 1 aliphatic rings. The number of hydrogen-bond donors (Lipinski definition) is 0. The first kappa shape index (κ1) is 16.3. The van der Waals surface area contributed by atoms with E-state index in [0.717, 1.165) is 35.8 Å². The number of hydrogen-bond acceptors (Lipinski definition) is 3. The van der Waals surface area contributed by atoms with Crippen LogP contribution >= 0.6 is 11.6 Å². The van der Waals surface area contributed by atoms with Gasteiger partial charge in [-0.05, 0) is 36.4 Å². The van der Waals surface area contributed by atoms with Gasteiger partial charge in [-0.2, -0.15) is 0 Å². The van der Waals surface area contributed by atoms with Crippen molar-refractivity contribution in [3.8, 4) is 5.75 Å². The zero-order valence-electron chi connectivity index (χ0n) is 13.3. The van der Waals surface area contributed by atoms with Gasteiger partial charge in [-0.15, -0.1) is 0 Å². The van der Waals surface area contributed by atoms with E-state index in [9.17, 15) is 0 Å². The molecular weight excluding hydrogens is 310 g/mol. The molecule has 0 amide bonds. The number of para-hydroxylation sites is 1. The third kappa shape index (κ3) is 4.47. The van der Waals surface area contributed by atoms with Gasteiger partial charge in [-0.3, -0.25) is 4.90 Å². The number of nitrogens with zero attached hydrogens (tertiary/aromatic N) is 1. The number of ether oxygens (including phenoxy) is 2. The maximum Gasteiger partial charge on any atom is 0.155 e. The summed E-state index contributed by atoms with van der Waals surface area (Å²) >= 11 is 6.02. The monoisotopic (exact) mass is 331 g/mol. The molecule has 2 atom stereocenters. The largest absolute Gasteiger partial charge is 0.475 e. The second-order valence-electron chi connectivity index (χ2n) is 5.77. The summed E-state index contributed by atoms with van der Waals surface area (Å²) in [5, 5.41) is 0.748. The van der Waals surface area contributed by atoms with Crippen molar-refractivity contribution < 1.29 is 9.47 Å². The van der Waals surface area contributed by atoms with Gasteiger partial charge in [0.1, 0.15) is 5.75 Å². The standard InChI is InChI=1S/C19H22ClNO2/c1-2-21-13-18(22-14-15-7-6-8-16(20)11-15)12-19(21)23-17-9-4-3-5-10-17/h3-11,18-19H,2,12-14H2,1H3. The van der Waals surface area contributed by atoms with Crippen molar-refractivity contribution in [2.75, 3.05) is 13.1 Å². The van der Waals surface area contributed by atoms with Crippen LogP contribution < -0.4 is 4.74 Å². The summed E-state index contributed by atoms with van der Waals surface area (Å²) in [6.45, 7) is 4.59. The van der Waals surface area contributed by atoms with E-state index in [2.05, 4.69) is 11.8 Å². The first-order valence-corrected chi connectivity index (χ1v) is 8.44. The normalized spacial score (nSPS) is 21.5. The van der Waals surface area contributed by atoms with E-state index >= 15 is 0 Å². The lowest BCUT2D eigenvalue weighted by Gasteiger charge is -2.23. The quantitative estimate of drug-likeness (QED) is 0.785. The number of likely N-dealkylation sites (N-methyl/N-ethyl adjacent to an activating group) is 1. The fraction of sp³-hybridized carbons (Fsp3) is 0.368. The van der Waals surface area contributed by atoms with Gasteiger partial charge in [-0.1, -0.05) is 48.9 Å². The van der Waals surface area contributed by atoms with Crippen LogP contribution in [-0.4, -0.2) is 30.3 Å². The molecule has 2 aromatic rings. The predicted molar refractivity (Wildman–Crippen MR) is 92.8 cm³/mol. The summed E-state index contributed by atoms with van der Waals surface area (Å²) in [5.74, 6) is 0.909. The van der Waals surface area contributed by atoms with E-state index in [1.165, 1.54) is 0 Å². The number of halogens is 1. The molecular formula is C19H22ClNO2. The van der Waals surface area contributed by atoms with Crippen LogP contribution in [-0.2, 0) is 11.3 Å². The Bertz CT molecular complexity index is 620. The van der Waals surface area contributed by atoms with Crippen molar-refractivity contribution in [3.63, 3.8) is 0 Å². The van der Waals surface area contributed by atoms with Crippen LogP contribution in [0.25, 0.3) is 0 Å². The third-order valence-corrected chi connectivity index (χ3v) is 4.34. The topological polar surface area (TPSA) is 21.7 Å². The molecule has 0 spiro atoms. The lowest BCUT2D eigenvalue weighted by Crippen LogP contribution is -2.33. The maximum absolute atomic E-state index is 6.11. The Morgan fingerprint density at radius 3 is 2.70 bits per heavy atom. The Balaban J connectivity index is 1.56. The lowest BCUT2D eigenvalue weighted by molar-refractivity contribution is 0.0447. The Morgan fingerprint density at radius 2 is 1.96 bits per heavy atom. The summed E-state index contributed by atoms with van der Waals surface area (Å²) in [5.41, 5.74) is 1.10. The highest BCUT2D eigenvalue weighted by atomic mass is 35.5. The maximum atomic E-state index is 6.11. The van der Waals surface area contributed by atoms with Gasteiger partial charge in [0.05, 0.1) is 12.7 Å². The van der Waals surface area contributed by atoms with Gasteiger partial charge < -0.3 is 9.47 Å². The van der Waals surface area contributed by atoms with Crippen molar-refractivity contribution in [3.05, 3.63) is 65.2 Å². The van der Waals surface area contributed by atoms with Gasteiger partial charge in [0, 0.05) is 18.0 Å². The third-order valence-electron chi connectivity index (χ3n) is 4.11. The first-order valence-electron chi connectivity index (χ1n) is 8.06. The molecule has 0 bridgehead atoms. The van der Waals surface area contributed by atoms with Crippen LogP contribution in [0.5, 0.6) is 5.75 Å². The summed E-state index contributed by atoms with van der Waals surface area (Å²) < 4.78 is 12.2. The minimum Gasteiger partial charge on any atom is -0.475 e. The van der Waals surface area contributed by atoms with E-state index in [-0.39, 0.29) is 12.3 Å². The lowest BCUT2D eigenvalue weighted by atomic mass is 10.2. The van der Waals surface area contributed by atoms with Crippen LogP contribution in [0.4, 0.5) is 0 Å². The Morgan fingerprint density at radius 1 is 1.13 bits per heavy atom. The van der Waals surface area contributed by atoms with Gasteiger partial charge >= 0.3 is 0 Å². The molecule has 2 unspecified atom stereocenters. The smallest absolute Gasteiger partial charge is 0.155 e. The Labute approximate surface area is 142 Å². The second-order valence-corrected chi connectivity index (χ2v) is 6.21. The van der Waals surface area contributed by atoms with Crippen molar-refractivity contribution in [2.45, 2.75) is 32.3 Å². The van der Waals surface area contributed by atoms with E-state index in [4.69, 9.17) is 21.1 Å². The molecule has 122 valence electrons. The fourth-order valence-electron chi connectivity index (χ4n) is 2.90. The number of likely N-dealkylation sites (tertiary alicyclic amines) is 1. The molecule has 0 aromatic heterocycles. The molecule has 1 heterocycles. The van der Waals surface area contributed by atoms with Crippen molar-refractivity contribution in [1.82, 2.24) is 4.90 Å². The summed E-state index contributed by atoms with van der Waals surface area (Å²) in [4.78, 5) is 2.32. The average Bonchev–Trinajstić information content (AvgIpc) is 2.96. The van der Waals surface area contributed by atoms with Crippen LogP contribution in [0.2, 0.25) is 5.02 Å². The average molecular weight is 332 g/mol. The van der Waals surface area contributed by atoms with E-state index < -0.39 is 0 Å². The molecule has 23 heavy (non-hydrogen) atoms. The number of benzene rings is 2. The molecule has 0 N–H and O–H groups in total. The van der Waals surface area contributed by atoms with Gasteiger partial charge in [-0.25, -0.2) is 0 Å². The van der Waals surface area contributed by atoms with Gasteiger partial charge in [0.15, 0.2) is 6.23 Å². The Kier molecular flexibility index (Phi) is 5.55. The van der Waals surface area contributed by atoms with E-state index in [0.29, 0.717) is 6.61 Å². The molecule has 3 rings (SSSR count). The van der Waals surface area contributed by atoms with Crippen molar-refractivity contribution in [2.24, 2.45) is 0 Å². The van der Waals surface area contributed by atoms with E-state index in [1.54, 1.807) is 0 Å². The zero-order valence-corrected chi connectivity index (χ0v) is 14.1. The van der Waals surface area contributed by atoms with Crippen LogP contribution in [0.3, 0.4) is 0 Å². The van der Waals surface area contributed by atoms with Crippen molar-refractivity contribution >= 4 is 11.6 Å². The number of rotatable bonds is 6. The summed E-state index contributed by atoms with van der Waals surface area (Å²) in [7, 11) is 0. The van der Waals surface area contributed by atoms with Crippen LogP contribution in [0.15, 0.2) is 54.6 Å². The first-order chi connectivity index (χ1) is 11.2. The molecule has 2 aromatic carbocycles. The molecule has 1 aliphatic heterocycles. The molecule has 4 heteroatoms.